The lowest BCUT2D eigenvalue weighted by molar-refractivity contribution is 0.0942. The minimum atomic E-state index is -0.110. The molecule has 1 aromatic rings. The van der Waals surface area contributed by atoms with Crippen LogP contribution in [-0.2, 0) is 4.74 Å². The van der Waals surface area contributed by atoms with Crippen molar-refractivity contribution in [1.82, 2.24) is 0 Å². The molecule has 19 heavy (non-hydrogen) atoms. The van der Waals surface area contributed by atoms with Gasteiger partial charge in [0, 0.05) is 12.0 Å². The van der Waals surface area contributed by atoms with E-state index in [0.717, 1.165) is 6.42 Å². The number of Topliss-reactive ketones (excluding diaryl/α,β-unsaturated/α-hetero) is 1. The molecule has 1 aromatic carbocycles. The van der Waals surface area contributed by atoms with Gasteiger partial charge in [0.1, 0.15) is 0 Å². The van der Waals surface area contributed by atoms with Crippen LogP contribution < -0.4 is 9.47 Å². The van der Waals surface area contributed by atoms with Crippen LogP contribution in [-0.4, -0.2) is 25.6 Å². The van der Waals surface area contributed by atoms with Gasteiger partial charge in [-0.1, -0.05) is 0 Å². The first-order valence-corrected chi connectivity index (χ1v) is 6.53. The van der Waals surface area contributed by atoms with Gasteiger partial charge in [-0.2, -0.15) is 0 Å². The molecule has 0 unspecified atom stereocenters. The maximum absolute atomic E-state index is 12.2. The van der Waals surface area contributed by atoms with Crippen LogP contribution in [0.2, 0.25) is 0 Å². The molecule has 2 rings (SSSR count). The van der Waals surface area contributed by atoms with Crippen molar-refractivity contribution in [2.45, 2.75) is 20.3 Å². The minimum absolute atomic E-state index is 0.110. The number of hydrogen-bond donors (Lipinski definition) is 0. The predicted octanol–water partition coefficient (Wildman–Crippen LogP) is 2.97. The smallest absolute Gasteiger partial charge is 0.227 e. The molecule has 1 aliphatic rings. The number of ketones is 1. The van der Waals surface area contributed by atoms with Crippen molar-refractivity contribution in [2.75, 3.05) is 19.8 Å². The van der Waals surface area contributed by atoms with Crippen LogP contribution in [0.5, 0.6) is 11.5 Å². The van der Waals surface area contributed by atoms with Gasteiger partial charge in [-0.15, -0.1) is 0 Å². The molecule has 0 spiro atoms. The molecule has 102 valence electrons. The molecular weight excluding hydrogens is 244 g/mol. The summed E-state index contributed by atoms with van der Waals surface area (Å²) >= 11 is 0. The highest BCUT2D eigenvalue weighted by atomic mass is 16.5. The van der Waals surface area contributed by atoms with Crippen molar-refractivity contribution in [3.05, 3.63) is 35.6 Å². The zero-order valence-electron chi connectivity index (χ0n) is 11.3. The fraction of sp³-hybridized carbons (Fsp3) is 0.400. The van der Waals surface area contributed by atoms with Gasteiger partial charge in [0.2, 0.25) is 5.78 Å². The maximum Gasteiger partial charge on any atom is 0.227 e. The Morgan fingerprint density at radius 2 is 1.95 bits per heavy atom. The SMILES string of the molecule is CCOc1ccc(C(=O)C2=CCCO2)cc1OCC. The van der Waals surface area contributed by atoms with Crippen LogP contribution in [0.3, 0.4) is 0 Å². The predicted molar refractivity (Wildman–Crippen MR) is 71.8 cm³/mol. The monoisotopic (exact) mass is 262 g/mol. The Morgan fingerprint density at radius 3 is 2.58 bits per heavy atom. The van der Waals surface area contributed by atoms with Gasteiger partial charge in [0.15, 0.2) is 17.3 Å². The molecule has 0 aromatic heterocycles. The lowest BCUT2D eigenvalue weighted by Crippen LogP contribution is -2.06. The summed E-state index contributed by atoms with van der Waals surface area (Å²) in [6.07, 6.45) is 2.61. The quantitative estimate of drug-likeness (QED) is 0.739. The Balaban J connectivity index is 2.26. The van der Waals surface area contributed by atoms with Gasteiger partial charge in [-0.3, -0.25) is 4.79 Å². The second-order valence-corrected chi connectivity index (χ2v) is 4.06. The van der Waals surface area contributed by atoms with Gasteiger partial charge in [0.05, 0.1) is 19.8 Å². The summed E-state index contributed by atoms with van der Waals surface area (Å²) in [6.45, 7) is 5.47. The van der Waals surface area contributed by atoms with Gasteiger partial charge < -0.3 is 14.2 Å². The van der Waals surface area contributed by atoms with E-state index in [-0.39, 0.29) is 5.78 Å². The number of allylic oxidation sites excluding steroid dienone is 1. The standard InChI is InChI=1S/C15H18O4/c1-3-17-12-8-7-11(10-14(12)18-4-2)15(16)13-6-5-9-19-13/h6-8,10H,3-5,9H2,1-2H3. The van der Waals surface area contributed by atoms with E-state index >= 15 is 0 Å². The number of ether oxygens (including phenoxy) is 3. The van der Waals surface area contributed by atoms with Crippen LogP contribution in [0.25, 0.3) is 0 Å². The molecule has 0 N–H and O–H groups in total. The Bertz CT molecular complexity index is 491. The van der Waals surface area contributed by atoms with E-state index in [2.05, 4.69) is 0 Å². The summed E-state index contributed by atoms with van der Waals surface area (Å²) in [4.78, 5) is 12.2. The summed E-state index contributed by atoms with van der Waals surface area (Å²) in [5.41, 5.74) is 0.556. The van der Waals surface area contributed by atoms with Crippen molar-refractivity contribution in [1.29, 1.82) is 0 Å². The van der Waals surface area contributed by atoms with Crippen molar-refractivity contribution >= 4 is 5.78 Å². The maximum atomic E-state index is 12.2. The Hall–Kier alpha value is -1.97. The summed E-state index contributed by atoms with van der Waals surface area (Å²) in [7, 11) is 0. The molecule has 0 bridgehead atoms. The molecule has 4 nitrogen and oxygen atoms in total. The number of rotatable bonds is 6. The Labute approximate surface area is 113 Å². The molecule has 1 heterocycles. The van der Waals surface area contributed by atoms with Crippen LogP contribution in [0, 0.1) is 0 Å². The number of benzene rings is 1. The lowest BCUT2D eigenvalue weighted by atomic mass is 10.1. The summed E-state index contributed by atoms with van der Waals surface area (Å²) in [5, 5.41) is 0. The van der Waals surface area contributed by atoms with Gasteiger partial charge >= 0.3 is 0 Å². The first-order chi connectivity index (χ1) is 9.26. The molecule has 0 saturated heterocycles. The molecule has 0 atom stereocenters. The first kappa shape index (κ1) is 13.5. The largest absolute Gasteiger partial charge is 0.490 e. The van der Waals surface area contributed by atoms with Crippen LogP contribution in [0.4, 0.5) is 0 Å². The molecule has 0 saturated carbocycles. The zero-order chi connectivity index (χ0) is 13.7. The third kappa shape index (κ3) is 3.08. The molecule has 0 fully saturated rings. The minimum Gasteiger partial charge on any atom is -0.490 e. The van der Waals surface area contributed by atoms with E-state index in [4.69, 9.17) is 14.2 Å². The van der Waals surface area contributed by atoms with Crippen molar-refractivity contribution in [2.24, 2.45) is 0 Å². The van der Waals surface area contributed by atoms with Gasteiger partial charge in [-0.05, 0) is 38.1 Å². The molecule has 0 amide bonds. The van der Waals surface area contributed by atoms with E-state index in [0.29, 0.717) is 42.6 Å². The highest BCUT2D eigenvalue weighted by molar-refractivity contribution is 6.07. The Morgan fingerprint density at radius 1 is 1.21 bits per heavy atom. The fourth-order valence-electron chi connectivity index (χ4n) is 1.91. The highest BCUT2D eigenvalue weighted by Crippen LogP contribution is 2.30. The molecule has 1 aliphatic heterocycles. The fourth-order valence-corrected chi connectivity index (χ4v) is 1.91. The topological polar surface area (TPSA) is 44.8 Å². The average Bonchev–Trinajstić information content (AvgIpc) is 2.94. The second-order valence-electron chi connectivity index (χ2n) is 4.06. The summed E-state index contributed by atoms with van der Waals surface area (Å²) in [5.74, 6) is 1.56. The second kappa shape index (κ2) is 6.27. The van der Waals surface area contributed by atoms with Crippen molar-refractivity contribution < 1.29 is 19.0 Å². The van der Waals surface area contributed by atoms with Crippen LogP contribution in [0.15, 0.2) is 30.0 Å². The van der Waals surface area contributed by atoms with E-state index < -0.39 is 0 Å². The third-order valence-electron chi connectivity index (χ3n) is 2.73. The Kier molecular flexibility index (Phi) is 4.44. The van der Waals surface area contributed by atoms with Crippen LogP contribution in [0.1, 0.15) is 30.6 Å². The normalized spacial score (nSPS) is 13.7. The number of hydrogen-bond acceptors (Lipinski definition) is 4. The average molecular weight is 262 g/mol. The molecule has 4 heteroatoms. The summed E-state index contributed by atoms with van der Waals surface area (Å²) < 4.78 is 16.3. The van der Waals surface area contributed by atoms with Crippen molar-refractivity contribution in [3.63, 3.8) is 0 Å². The zero-order valence-corrected chi connectivity index (χ0v) is 11.3. The van der Waals surface area contributed by atoms with E-state index in [1.165, 1.54) is 0 Å². The van der Waals surface area contributed by atoms with E-state index in [1.807, 2.05) is 19.9 Å². The van der Waals surface area contributed by atoms with E-state index in [9.17, 15) is 4.79 Å². The third-order valence-corrected chi connectivity index (χ3v) is 2.73. The molecular formula is C15H18O4. The van der Waals surface area contributed by atoms with Crippen molar-refractivity contribution in [3.8, 4) is 11.5 Å². The first-order valence-electron chi connectivity index (χ1n) is 6.53. The highest BCUT2D eigenvalue weighted by Gasteiger charge is 2.18. The van der Waals surface area contributed by atoms with Gasteiger partial charge in [0.25, 0.3) is 0 Å². The lowest BCUT2D eigenvalue weighted by Gasteiger charge is -2.12. The molecule has 0 radical (unpaired) electrons. The summed E-state index contributed by atoms with van der Waals surface area (Å²) in [6, 6.07) is 5.20. The van der Waals surface area contributed by atoms with E-state index in [1.54, 1.807) is 18.2 Å². The van der Waals surface area contributed by atoms with Gasteiger partial charge in [-0.25, -0.2) is 0 Å². The number of carbonyl (C=O) groups is 1. The number of carbonyl (C=O) groups excluding carboxylic acids is 1. The van der Waals surface area contributed by atoms with Crippen LogP contribution >= 0.6 is 0 Å². The molecule has 0 aliphatic carbocycles.